The number of carboxylic acid groups (broad SMARTS) is 1. The number of ether oxygens (including phenoxy) is 1. The Bertz CT molecular complexity index is 1140. The van der Waals surface area contributed by atoms with E-state index in [4.69, 9.17) is 9.84 Å². The van der Waals surface area contributed by atoms with Crippen LogP contribution >= 0.6 is 11.3 Å². The van der Waals surface area contributed by atoms with Gasteiger partial charge < -0.3 is 14.9 Å². The Hall–Kier alpha value is -2.91. The Balaban J connectivity index is 1.74. The van der Waals surface area contributed by atoms with Crippen molar-refractivity contribution in [2.45, 2.75) is 51.8 Å². The van der Waals surface area contributed by atoms with E-state index in [2.05, 4.69) is 4.98 Å². The van der Waals surface area contributed by atoms with E-state index in [1.165, 1.54) is 23.5 Å². The summed E-state index contributed by atoms with van der Waals surface area (Å²) in [6.07, 6.45) is -4.17. The number of aliphatic hydroxyl groups excluding tert-OH is 1. The maximum absolute atomic E-state index is 12.9. The molecule has 2 aromatic carbocycles. The standard InChI is InChI=1S/C25H26F3NO4S/c1-14(2)22-23(34-24(29-22)17-6-8-18(9-7-17)25(26,27)28)19(30)10-4-16-5-11-20(15(3)12-16)33-13-21(31)32/h5-9,11-12,14,19,30H,4,10,13H2,1-3H3,(H,31,32)/t19-/m1/s1. The van der Waals surface area contributed by atoms with Gasteiger partial charge in [-0.2, -0.15) is 13.2 Å². The van der Waals surface area contributed by atoms with Crippen molar-refractivity contribution in [1.29, 1.82) is 0 Å². The minimum absolute atomic E-state index is 0.0389. The van der Waals surface area contributed by atoms with Gasteiger partial charge in [0.1, 0.15) is 10.8 Å². The number of nitrogens with zero attached hydrogens (tertiary/aromatic N) is 1. The minimum atomic E-state index is -4.40. The number of thiazole rings is 1. The lowest BCUT2D eigenvalue weighted by Gasteiger charge is -2.13. The number of halogens is 3. The summed E-state index contributed by atoms with van der Waals surface area (Å²) in [7, 11) is 0. The third-order valence-corrected chi connectivity index (χ3v) is 6.51. The second kappa shape index (κ2) is 10.6. The molecule has 0 fully saturated rings. The van der Waals surface area contributed by atoms with E-state index >= 15 is 0 Å². The van der Waals surface area contributed by atoms with E-state index in [-0.39, 0.29) is 5.92 Å². The van der Waals surface area contributed by atoms with Crippen LogP contribution in [0.5, 0.6) is 5.75 Å². The first-order valence-corrected chi connectivity index (χ1v) is 11.6. The number of alkyl halides is 3. The molecular formula is C25H26F3NO4S. The van der Waals surface area contributed by atoms with Gasteiger partial charge in [-0.3, -0.25) is 0 Å². The number of benzene rings is 2. The van der Waals surface area contributed by atoms with Crippen molar-refractivity contribution in [2.24, 2.45) is 0 Å². The highest BCUT2D eigenvalue weighted by molar-refractivity contribution is 7.15. The topological polar surface area (TPSA) is 79.7 Å². The number of aromatic nitrogens is 1. The molecule has 0 aliphatic carbocycles. The molecule has 0 aliphatic rings. The van der Waals surface area contributed by atoms with Gasteiger partial charge in [0.15, 0.2) is 6.61 Å². The van der Waals surface area contributed by atoms with Crippen molar-refractivity contribution < 1.29 is 32.9 Å². The van der Waals surface area contributed by atoms with Gasteiger partial charge in [0.2, 0.25) is 0 Å². The molecule has 1 atom stereocenters. The van der Waals surface area contributed by atoms with Gasteiger partial charge in [0.25, 0.3) is 0 Å². The average Bonchev–Trinajstić information content (AvgIpc) is 3.22. The molecule has 0 aliphatic heterocycles. The largest absolute Gasteiger partial charge is 0.482 e. The van der Waals surface area contributed by atoms with Crippen LogP contribution in [-0.2, 0) is 17.4 Å². The summed E-state index contributed by atoms with van der Waals surface area (Å²) >= 11 is 1.29. The zero-order valence-electron chi connectivity index (χ0n) is 19.0. The molecular weight excluding hydrogens is 467 g/mol. The molecule has 34 heavy (non-hydrogen) atoms. The van der Waals surface area contributed by atoms with Crippen LogP contribution in [0.25, 0.3) is 10.6 Å². The summed E-state index contributed by atoms with van der Waals surface area (Å²) in [5, 5.41) is 20.2. The van der Waals surface area contributed by atoms with Gasteiger partial charge in [-0.25, -0.2) is 9.78 Å². The van der Waals surface area contributed by atoms with Gasteiger partial charge in [-0.1, -0.05) is 38.1 Å². The molecule has 0 radical (unpaired) electrons. The molecule has 0 saturated heterocycles. The van der Waals surface area contributed by atoms with Crippen LogP contribution in [0.4, 0.5) is 13.2 Å². The number of rotatable bonds is 9. The quantitative estimate of drug-likeness (QED) is 0.361. The molecule has 182 valence electrons. The van der Waals surface area contributed by atoms with Gasteiger partial charge >= 0.3 is 12.1 Å². The number of aliphatic hydroxyl groups is 1. The van der Waals surface area contributed by atoms with Gasteiger partial charge in [0.05, 0.1) is 22.2 Å². The van der Waals surface area contributed by atoms with Crippen molar-refractivity contribution in [3.05, 3.63) is 69.7 Å². The highest BCUT2D eigenvalue weighted by Crippen LogP contribution is 2.38. The fourth-order valence-electron chi connectivity index (χ4n) is 3.52. The van der Waals surface area contributed by atoms with E-state index < -0.39 is 30.4 Å². The predicted molar refractivity (Wildman–Crippen MR) is 124 cm³/mol. The third-order valence-electron chi connectivity index (χ3n) is 5.29. The van der Waals surface area contributed by atoms with Gasteiger partial charge in [-0.05, 0) is 55.0 Å². The summed E-state index contributed by atoms with van der Waals surface area (Å²) in [6, 6.07) is 10.3. The van der Waals surface area contributed by atoms with Gasteiger partial charge in [-0.15, -0.1) is 11.3 Å². The minimum Gasteiger partial charge on any atom is -0.482 e. The zero-order valence-corrected chi connectivity index (χ0v) is 19.8. The first kappa shape index (κ1) is 25.7. The number of aryl methyl sites for hydroxylation is 2. The van der Waals surface area contributed by atoms with E-state index in [9.17, 15) is 23.1 Å². The van der Waals surface area contributed by atoms with Gasteiger partial charge in [0, 0.05) is 5.56 Å². The number of carbonyl (C=O) groups is 1. The molecule has 0 bridgehead atoms. The number of carboxylic acids is 1. The summed E-state index contributed by atoms with van der Waals surface area (Å²) in [6.45, 7) is 5.33. The van der Waals surface area contributed by atoms with Crippen LogP contribution in [0.15, 0.2) is 42.5 Å². The van der Waals surface area contributed by atoms with E-state index in [1.54, 1.807) is 6.07 Å². The van der Waals surface area contributed by atoms with E-state index in [0.29, 0.717) is 34.0 Å². The molecule has 0 spiro atoms. The van der Waals surface area contributed by atoms with Crippen LogP contribution in [0.3, 0.4) is 0 Å². The molecule has 0 saturated carbocycles. The number of aliphatic carboxylic acids is 1. The predicted octanol–water partition coefficient (Wildman–Crippen LogP) is 6.39. The normalized spacial score (nSPS) is 12.7. The molecule has 0 amide bonds. The number of hydrogen-bond acceptors (Lipinski definition) is 5. The van der Waals surface area contributed by atoms with Crippen LogP contribution in [0.1, 0.15) is 59.6 Å². The Morgan fingerprint density at radius 2 is 1.82 bits per heavy atom. The molecule has 9 heteroatoms. The van der Waals surface area contributed by atoms with Crippen molar-refractivity contribution in [3.8, 4) is 16.3 Å². The molecule has 0 unspecified atom stereocenters. The fourth-order valence-corrected chi connectivity index (χ4v) is 4.77. The summed E-state index contributed by atoms with van der Waals surface area (Å²) in [5.74, 6) is -0.512. The SMILES string of the molecule is Cc1cc(CC[C@@H](O)c2sc(-c3ccc(C(F)(F)F)cc3)nc2C(C)C)ccc1OCC(=O)O. The molecule has 5 nitrogen and oxygen atoms in total. The molecule has 2 N–H and O–H groups in total. The summed E-state index contributed by atoms with van der Waals surface area (Å²) in [5.41, 5.74) is 2.37. The first-order chi connectivity index (χ1) is 16.0. The Morgan fingerprint density at radius 3 is 2.38 bits per heavy atom. The van der Waals surface area contributed by atoms with E-state index in [1.807, 2.05) is 32.9 Å². The molecule has 3 aromatic rings. The van der Waals surface area contributed by atoms with Crippen molar-refractivity contribution >= 4 is 17.3 Å². The highest BCUT2D eigenvalue weighted by atomic mass is 32.1. The first-order valence-electron chi connectivity index (χ1n) is 10.8. The molecule has 3 rings (SSSR count). The average molecular weight is 494 g/mol. The van der Waals surface area contributed by atoms with Crippen LogP contribution in [0, 0.1) is 6.92 Å². The Kier molecular flexibility index (Phi) is 7.99. The summed E-state index contributed by atoms with van der Waals surface area (Å²) in [4.78, 5) is 16.0. The Labute approximate surface area is 199 Å². The van der Waals surface area contributed by atoms with Crippen molar-refractivity contribution in [1.82, 2.24) is 4.98 Å². The lowest BCUT2D eigenvalue weighted by Crippen LogP contribution is -2.10. The van der Waals surface area contributed by atoms with Crippen molar-refractivity contribution in [3.63, 3.8) is 0 Å². The maximum Gasteiger partial charge on any atom is 0.416 e. The van der Waals surface area contributed by atoms with Crippen LogP contribution < -0.4 is 4.74 Å². The Morgan fingerprint density at radius 1 is 1.15 bits per heavy atom. The smallest absolute Gasteiger partial charge is 0.416 e. The van der Waals surface area contributed by atoms with E-state index in [0.717, 1.165) is 29.0 Å². The van der Waals surface area contributed by atoms with Crippen LogP contribution in [0.2, 0.25) is 0 Å². The number of hydrogen-bond donors (Lipinski definition) is 2. The zero-order chi connectivity index (χ0) is 25.0. The molecule has 1 heterocycles. The highest BCUT2D eigenvalue weighted by Gasteiger charge is 2.30. The monoisotopic (exact) mass is 493 g/mol. The third kappa shape index (κ3) is 6.36. The fraction of sp³-hybridized carbons (Fsp3) is 0.360. The summed E-state index contributed by atoms with van der Waals surface area (Å²) < 4.78 is 43.8. The molecule has 1 aromatic heterocycles. The second-order valence-corrected chi connectivity index (χ2v) is 9.37. The lowest BCUT2D eigenvalue weighted by atomic mass is 10.0. The second-order valence-electron chi connectivity index (χ2n) is 8.34. The lowest BCUT2D eigenvalue weighted by molar-refractivity contribution is -0.139. The maximum atomic E-state index is 12.9. The van der Waals surface area contributed by atoms with Crippen LogP contribution in [-0.4, -0.2) is 27.8 Å². The van der Waals surface area contributed by atoms with Crippen molar-refractivity contribution in [2.75, 3.05) is 6.61 Å².